The van der Waals surface area contributed by atoms with E-state index in [1.165, 1.54) is 24.7 Å². The minimum absolute atomic E-state index is 0.0446. The number of hydrogen-bond acceptors (Lipinski definition) is 25. The van der Waals surface area contributed by atoms with Gasteiger partial charge in [-0.25, -0.2) is 14.4 Å². The van der Waals surface area contributed by atoms with Crippen molar-refractivity contribution < 1.29 is 100 Å². The van der Waals surface area contributed by atoms with Gasteiger partial charge in [-0.05, 0) is 74.3 Å². The SMILES string of the molecule is CC(=O)C1=C(CC(C)C)CS[C@@H]2[C@H](NC(=O)Cc3cccs3)C(=O)N12.CC1=C(C)C(=O)C(COC(=O)OCC(C)C)=C(C)C1=O.CCCSSCCOC(=O)OCC(C)C.COCCOC(=O)C(C)C.COCCOC(=O)OCC(C)C.COCCOCC(=O)C(C)C. The molecular weight excluding hydrogens is 1280 g/mol. The maximum Gasteiger partial charge on any atom is 0.508 e. The molecule has 3 aliphatic rings. The zero-order valence-corrected chi connectivity index (χ0v) is 62.0. The summed E-state index contributed by atoms with van der Waals surface area (Å²) in [6.07, 6.45) is 0.268. The van der Waals surface area contributed by atoms with Gasteiger partial charge in [0.1, 0.15) is 44.5 Å². The average Bonchev–Trinajstić information content (AvgIpc) is 0.897. The highest BCUT2D eigenvalue weighted by Gasteiger charge is 2.53. The van der Waals surface area contributed by atoms with Crippen LogP contribution in [0.2, 0.25) is 0 Å². The summed E-state index contributed by atoms with van der Waals surface area (Å²) in [5.41, 5.74) is 2.98. The minimum atomic E-state index is -0.830. The van der Waals surface area contributed by atoms with Gasteiger partial charge in [0.2, 0.25) is 5.91 Å². The lowest BCUT2D eigenvalue weighted by atomic mass is 9.86. The normalized spacial score (nSPS) is 14.9. The van der Waals surface area contributed by atoms with Crippen molar-refractivity contribution in [3.05, 3.63) is 56.0 Å². The molecule has 0 radical (unpaired) electrons. The van der Waals surface area contributed by atoms with Crippen LogP contribution in [0.3, 0.4) is 0 Å². The Kier molecular flexibility index (Phi) is 51.1. The molecule has 0 saturated carbocycles. The molecular formula is C66H108N2O21S4. The Labute approximate surface area is 569 Å². The molecule has 2 amide bonds. The van der Waals surface area contributed by atoms with Gasteiger partial charge in [-0.3, -0.25) is 38.5 Å². The molecule has 1 aliphatic carbocycles. The highest BCUT2D eigenvalue weighted by molar-refractivity contribution is 8.76. The summed E-state index contributed by atoms with van der Waals surface area (Å²) in [4.78, 5) is 118. The minimum Gasteiger partial charge on any atom is -0.463 e. The maximum absolute atomic E-state index is 12.6. The van der Waals surface area contributed by atoms with Crippen molar-refractivity contribution in [2.75, 3.05) is 118 Å². The van der Waals surface area contributed by atoms with Crippen LogP contribution in [-0.2, 0) is 92.1 Å². The highest BCUT2D eigenvalue weighted by Crippen LogP contribution is 2.42. The second-order valence-electron chi connectivity index (χ2n) is 23.3. The largest absolute Gasteiger partial charge is 0.508 e. The monoisotopic (exact) mass is 1390 g/mol. The van der Waals surface area contributed by atoms with Gasteiger partial charge in [0.05, 0.1) is 64.3 Å². The molecule has 1 aromatic rings. The Balaban J connectivity index is 0. The number of ether oxygens (including phenoxy) is 11. The van der Waals surface area contributed by atoms with Crippen LogP contribution < -0.4 is 5.32 Å². The molecule has 1 N–H and O–H groups in total. The second kappa shape index (κ2) is 52.9. The van der Waals surface area contributed by atoms with Crippen LogP contribution >= 0.6 is 44.7 Å². The van der Waals surface area contributed by atoms with E-state index in [1.807, 2.05) is 83.7 Å². The van der Waals surface area contributed by atoms with E-state index in [0.717, 1.165) is 34.1 Å². The summed E-state index contributed by atoms with van der Waals surface area (Å²) in [5, 5.41) is 4.60. The third kappa shape index (κ3) is 41.3. The zero-order valence-electron chi connectivity index (χ0n) is 58.7. The molecule has 1 aromatic heterocycles. The molecule has 23 nitrogen and oxygen atoms in total. The molecule has 1 saturated heterocycles. The van der Waals surface area contributed by atoms with E-state index in [2.05, 4.69) is 35.6 Å². The summed E-state index contributed by atoms with van der Waals surface area (Å²) in [6.45, 7) is 35.7. The molecule has 0 bridgehead atoms. The zero-order chi connectivity index (χ0) is 71.2. The van der Waals surface area contributed by atoms with Crippen LogP contribution in [0.4, 0.5) is 14.4 Å². The first-order chi connectivity index (χ1) is 43.8. The Hall–Kier alpha value is -5.29. The first-order valence-corrected chi connectivity index (χ1v) is 35.6. The first-order valence-electron chi connectivity index (χ1n) is 31.2. The van der Waals surface area contributed by atoms with E-state index in [1.54, 1.807) is 83.4 Å². The predicted molar refractivity (Wildman–Crippen MR) is 365 cm³/mol. The van der Waals surface area contributed by atoms with E-state index in [4.69, 9.17) is 42.6 Å². The second-order valence-corrected chi connectivity index (χ2v) is 28.1. The summed E-state index contributed by atoms with van der Waals surface area (Å²) < 4.78 is 52.8. The Morgan fingerprint density at radius 2 is 1.12 bits per heavy atom. The Bertz CT molecular complexity index is 2510. The molecule has 532 valence electrons. The van der Waals surface area contributed by atoms with E-state index < -0.39 is 24.5 Å². The van der Waals surface area contributed by atoms with Crippen molar-refractivity contribution in [2.24, 2.45) is 35.5 Å². The van der Waals surface area contributed by atoms with Gasteiger partial charge in [0.25, 0.3) is 5.91 Å². The number of thioether (sulfide) groups is 1. The first kappa shape index (κ1) is 89.8. The predicted octanol–water partition coefficient (Wildman–Crippen LogP) is 11.9. The number of β-lactam (4-membered cyclic amide) rings is 1. The summed E-state index contributed by atoms with van der Waals surface area (Å²) >= 11 is 3.15. The average molecular weight is 1390 g/mol. The van der Waals surface area contributed by atoms with Gasteiger partial charge < -0.3 is 57.4 Å². The van der Waals surface area contributed by atoms with Crippen molar-refractivity contribution >= 4 is 104 Å². The lowest BCUT2D eigenvalue weighted by Crippen LogP contribution is -2.70. The van der Waals surface area contributed by atoms with Crippen LogP contribution in [0.1, 0.15) is 135 Å². The molecule has 2 atom stereocenters. The molecule has 93 heavy (non-hydrogen) atoms. The van der Waals surface area contributed by atoms with Crippen LogP contribution in [0.5, 0.6) is 0 Å². The number of ketones is 4. The number of fused-ring (bicyclic) bond motifs is 1. The summed E-state index contributed by atoms with van der Waals surface area (Å²) in [6, 6.07) is 3.27. The summed E-state index contributed by atoms with van der Waals surface area (Å²) in [7, 11) is 8.26. The molecule has 3 heterocycles. The van der Waals surface area contributed by atoms with Gasteiger partial charge in [0, 0.05) is 78.6 Å². The maximum atomic E-state index is 12.6. The van der Waals surface area contributed by atoms with E-state index >= 15 is 0 Å². The number of nitrogens with zero attached hydrogens (tertiary/aromatic N) is 1. The number of Topliss-reactive ketones (excluding diaryl/α,β-unsaturated/α-hetero) is 4. The lowest BCUT2D eigenvalue weighted by molar-refractivity contribution is -0.148. The molecule has 2 aliphatic heterocycles. The van der Waals surface area contributed by atoms with Gasteiger partial charge >= 0.3 is 24.4 Å². The number of methoxy groups -OCH3 is 3. The fraction of sp³-hybridized carbons (Fsp3) is 0.697. The Morgan fingerprint density at radius 1 is 0.613 bits per heavy atom. The van der Waals surface area contributed by atoms with Crippen molar-refractivity contribution in [3.8, 4) is 0 Å². The quantitative estimate of drug-likeness (QED) is 0.0171. The van der Waals surface area contributed by atoms with Crippen molar-refractivity contribution in [1.82, 2.24) is 10.2 Å². The molecule has 0 aromatic carbocycles. The number of nitrogens with one attached hydrogen (secondary N) is 1. The van der Waals surface area contributed by atoms with Crippen molar-refractivity contribution in [3.63, 3.8) is 0 Å². The van der Waals surface area contributed by atoms with Crippen LogP contribution in [-0.4, -0.2) is 194 Å². The number of rotatable bonds is 33. The highest BCUT2D eigenvalue weighted by atomic mass is 33.1. The van der Waals surface area contributed by atoms with E-state index in [0.29, 0.717) is 93.0 Å². The van der Waals surface area contributed by atoms with Gasteiger partial charge in [-0.1, -0.05) is 118 Å². The number of carbonyl (C=O) groups excluding carboxylic acids is 10. The van der Waals surface area contributed by atoms with Gasteiger partial charge in [-0.15, -0.1) is 23.1 Å². The summed E-state index contributed by atoms with van der Waals surface area (Å²) in [5.74, 6) is 3.17. The molecule has 4 rings (SSSR count). The molecule has 27 heteroatoms. The fourth-order valence-corrected chi connectivity index (χ4v) is 11.1. The molecule has 0 spiro atoms. The topological polar surface area (TPSA) is 287 Å². The van der Waals surface area contributed by atoms with Gasteiger partial charge in [-0.2, -0.15) is 0 Å². The van der Waals surface area contributed by atoms with Gasteiger partial charge in [0.15, 0.2) is 23.1 Å². The van der Waals surface area contributed by atoms with E-state index in [9.17, 15) is 47.9 Å². The van der Waals surface area contributed by atoms with Crippen molar-refractivity contribution in [1.29, 1.82) is 0 Å². The van der Waals surface area contributed by atoms with Crippen molar-refractivity contribution in [2.45, 2.75) is 148 Å². The van der Waals surface area contributed by atoms with Crippen LogP contribution in [0.25, 0.3) is 0 Å². The number of carbonyl (C=O) groups is 10. The number of amides is 2. The van der Waals surface area contributed by atoms with Crippen LogP contribution in [0, 0.1) is 35.5 Å². The number of thiophene rings is 1. The third-order valence-electron chi connectivity index (χ3n) is 12.1. The number of esters is 1. The smallest absolute Gasteiger partial charge is 0.463 e. The molecule has 1 fully saturated rings. The Morgan fingerprint density at radius 3 is 1.59 bits per heavy atom. The fourth-order valence-electron chi connectivity index (χ4n) is 7.02. The third-order valence-corrected chi connectivity index (χ3v) is 16.9. The van der Waals surface area contributed by atoms with Crippen LogP contribution in [0.15, 0.2) is 51.1 Å². The number of allylic oxidation sites excluding steroid dienone is 4. The lowest BCUT2D eigenvalue weighted by Gasteiger charge is -2.50. The van der Waals surface area contributed by atoms with E-state index in [-0.39, 0.29) is 102 Å². The number of hydrogen-bond donors (Lipinski definition) is 1. The standard InChI is InChI=1S/C18H22N2O3S2.C15H20O5.C10H20O3S2.C8H16O4.C8H16O3.C7H14O3/c1-10(2)7-12-9-25-18-15(17(23)20(18)16(12)11(3)21)19-14(22)8-13-5-4-6-24-13;1-8(2)6-19-15(18)20-7-12-11(5)13(16)9(3)10(4)14(12)17;1-4-6-14-15-7-5-12-10(11)13-8-9(2)3;1-7(2)6-12-8(9)11-5-4-10-3;1-7(2)8(9)6-11-5-4-10-3;1-6(2)7(8)10-5-4-9-3/h4-6,10,15,18H,7-9H2,1-3H3,(H,19,22);8H,6-7H2,1-5H3;9H,4-8H2,1-3H3;7H,4-6H2,1-3H3;7H,4-6H2,1-3H3;6H,4-5H2,1-3H3/t15-,18-;;;;;/m1...../s1. The molecule has 0 unspecified atom stereocenters.